The molecule has 0 bridgehead atoms. The molecular formula is C16H20INO4. The van der Waals surface area contributed by atoms with Crippen molar-refractivity contribution in [2.24, 2.45) is 0 Å². The number of rotatable bonds is 9. The molecule has 0 heterocycles. The fraction of sp³-hybridized carbons (Fsp3) is 0.438. The minimum atomic E-state index is -0.362. The Balaban J connectivity index is 2.15. The topological polar surface area (TPSA) is 72.5 Å². The Morgan fingerprint density at radius 1 is 1.18 bits per heavy atom. The molecule has 0 aromatic heterocycles. The van der Waals surface area contributed by atoms with E-state index in [1.807, 2.05) is 6.07 Å². The number of hydrogen-bond acceptors (Lipinski definition) is 4. The third-order valence-corrected chi connectivity index (χ3v) is 3.61. The molecule has 5 nitrogen and oxygen atoms in total. The number of amides is 1. The first kappa shape index (κ1) is 18.6. The van der Waals surface area contributed by atoms with Crippen molar-refractivity contribution in [3.8, 4) is 0 Å². The lowest BCUT2D eigenvalue weighted by Crippen LogP contribution is -2.20. The van der Waals surface area contributed by atoms with E-state index < -0.39 is 0 Å². The molecular weight excluding hydrogens is 397 g/mol. The Kier molecular flexibility index (Phi) is 8.72. The van der Waals surface area contributed by atoms with Crippen LogP contribution in [0.25, 0.3) is 0 Å². The van der Waals surface area contributed by atoms with E-state index in [4.69, 9.17) is 4.74 Å². The quantitative estimate of drug-likeness (QED) is 0.290. The number of carbonyl (C=O) groups is 3. The maximum absolute atomic E-state index is 11.9. The van der Waals surface area contributed by atoms with Crippen molar-refractivity contribution in [3.63, 3.8) is 0 Å². The highest BCUT2D eigenvalue weighted by Crippen LogP contribution is 2.09. The highest BCUT2D eigenvalue weighted by molar-refractivity contribution is 14.1. The van der Waals surface area contributed by atoms with Crippen LogP contribution in [0.4, 0.5) is 0 Å². The Bertz CT molecular complexity index is 531. The first-order valence-corrected chi connectivity index (χ1v) is 8.25. The van der Waals surface area contributed by atoms with Gasteiger partial charge in [0, 0.05) is 29.0 Å². The summed E-state index contributed by atoms with van der Waals surface area (Å²) in [5, 5.41) is 2.70. The molecule has 0 spiro atoms. The number of carbonyl (C=O) groups excluding carboxylic acids is 3. The van der Waals surface area contributed by atoms with Crippen molar-refractivity contribution in [3.05, 3.63) is 33.4 Å². The summed E-state index contributed by atoms with van der Waals surface area (Å²) in [5.41, 5.74) is 0.551. The summed E-state index contributed by atoms with van der Waals surface area (Å²) < 4.78 is 5.95. The number of hydrogen-bond donors (Lipinski definition) is 1. The van der Waals surface area contributed by atoms with Crippen LogP contribution >= 0.6 is 22.6 Å². The highest BCUT2D eigenvalue weighted by Gasteiger charge is 2.10. The van der Waals surface area contributed by atoms with E-state index in [2.05, 4.69) is 27.9 Å². The van der Waals surface area contributed by atoms with Crippen molar-refractivity contribution in [2.75, 3.05) is 13.2 Å². The van der Waals surface area contributed by atoms with E-state index in [0.29, 0.717) is 24.9 Å². The lowest BCUT2D eigenvalue weighted by atomic mass is 10.1. The van der Waals surface area contributed by atoms with Gasteiger partial charge in [0.1, 0.15) is 0 Å². The lowest BCUT2D eigenvalue weighted by Gasteiger charge is -2.05. The maximum atomic E-state index is 11.9. The lowest BCUT2D eigenvalue weighted by molar-refractivity contribution is -0.142. The van der Waals surface area contributed by atoms with Gasteiger partial charge < -0.3 is 10.1 Å². The number of benzene rings is 1. The van der Waals surface area contributed by atoms with Gasteiger partial charge in [-0.3, -0.25) is 14.4 Å². The summed E-state index contributed by atoms with van der Waals surface area (Å²) in [5.74, 6) is -0.607. The van der Waals surface area contributed by atoms with E-state index in [1.165, 1.54) is 6.92 Å². The molecule has 0 saturated heterocycles. The number of nitrogens with one attached hydrogen (secondary N) is 1. The van der Waals surface area contributed by atoms with Crippen molar-refractivity contribution >= 4 is 40.3 Å². The van der Waals surface area contributed by atoms with Crippen LogP contribution in [0.1, 0.15) is 43.0 Å². The molecule has 1 aromatic rings. The first-order valence-electron chi connectivity index (χ1n) is 7.18. The van der Waals surface area contributed by atoms with E-state index >= 15 is 0 Å². The molecule has 0 aliphatic carbocycles. The molecule has 0 aliphatic rings. The Morgan fingerprint density at radius 3 is 2.64 bits per heavy atom. The Morgan fingerprint density at radius 2 is 1.95 bits per heavy atom. The predicted octanol–water partition coefficient (Wildman–Crippen LogP) is 2.71. The average molecular weight is 417 g/mol. The van der Waals surface area contributed by atoms with Gasteiger partial charge in [-0.15, -0.1) is 0 Å². The van der Waals surface area contributed by atoms with Gasteiger partial charge in [-0.1, -0.05) is 18.6 Å². The number of esters is 1. The van der Waals surface area contributed by atoms with E-state index in [-0.39, 0.29) is 24.3 Å². The Hall–Kier alpha value is -1.44. The summed E-state index contributed by atoms with van der Waals surface area (Å²) in [6.45, 7) is 1.88. The second-order valence-electron chi connectivity index (χ2n) is 4.89. The van der Waals surface area contributed by atoms with E-state index in [1.54, 1.807) is 18.2 Å². The molecule has 1 aromatic carbocycles. The fourth-order valence-electron chi connectivity index (χ4n) is 1.80. The smallest absolute Gasteiger partial charge is 0.306 e. The van der Waals surface area contributed by atoms with Crippen molar-refractivity contribution < 1.29 is 19.1 Å². The zero-order valence-corrected chi connectivity index (χ0v) is 14.7. The van der Waals surface area contributed by atoms with Gasteiger partial charge in [0.05, 0.1) is 0 Å². The van der Waals surface area contributed by atoms with Crippen molar-refractivity contribution in [1.29, 1.82) is 0 Å². The number of unbranched alkanes of at least 4 members (excludes halogenated alkanes) is 2. The zero-order chi connectivity index (χ0) is 16.4. The molecule has 1 N–H and O–H groups in total. The molecule has 0 radical (unpaired) electrons. The number of halogens is 1. The van der Waals surface area contributed by atoms with Crippen LogP contribution in [-0.4, -0.2) is 30.8 Å². The second-order valence-corrected chi connectivity index (χ2v) is 6.13. The molecule has 1 amide bonds. The summed E-state index contributed by atoms with van der Waals surface area (Å²) in [6, 6.07) is 7.16. The van der Waals surface area contributed by atoms with Gasteiger partial charge in [-0.25, -0.2) is 0 Å². The van der Waals surface area contributed by atoms with Gasteiger partial charge in [0.15, 0.2) is 12.4 Å². The largest absolute Gasteiger partial charge is 0.457 e. The third-order valence-electron chi connectivity index (χ3n) is 2.94. The molecule has 0 unspecified atom stereocenters. The number of ketones is 1. The van der Waals surface area contributed by atoms with E-state index in [0.717, 1.165) is 16.4 Å². The van der Waals surface area contributed by atoms with Crippen LogP contribution in [-0.2, 0) is 14.3 Å². The minimum absolute atomic E-state index is 0.0477. The average Bonchev–Trinajstić information content (AvgIpc) is 2.48. The standard InChI is InChI=1S/C16H20INO4/c1-12(19)18-9-4-2-3-8-16(21)22-11-15(20)13-6-5-7-14(17)10-13/h5-7,10H,2-4,8-9,11H2,1H3,(H,18,19). The normalized spacial score (nSPS) is 10.1. The summed E-state index contributed by atoms with van der Waals surface area (Å²) >= 11 is 2.13. The second kappa shape index (κ2) is 10.3. The molecule has 0 fully saturated rings. The van der Waals surface area contributed by atoms with Crippen LogP contribution in [0.3, 0.4) is 0 Å². The maximum Gasteiger partial charge on any atom is 0.306 e. The molecule has 0 aliphatic heterocycles. The summed E-state index contributed by atoms with van der Waals surface area (Å²) in [6.07, 6.45) is 2.64. The molecule has 1 rings (SSSR count). The van der Waals surface area contributed by atoms with Gasteiger partial charge in [0.25, 0.3) is 0 Å². The summed E-state index contributed by atoms with van der Waals surface area (Å²) in [7, 11) is 0. The van der Waals surface area contributed by atoms with E-state index in [9.17, 15) is 14.4 Å². The molecule has 120 valence electrons. The zero-order valence-electron chi connectivity index (χ0n) is 12.6. The molecule has 22 heavy (non-hydrogen) atoms. The van der Waals surface area contributed by atoms with Crippen LogP contribution < -0.4 is 5.32 Å². The van der Waals surface area contributed by atoms with Crippen LogP contribution in [0.2, 0.25) is 0 Å². The third kappa shape index (κ3) is 8.11. The molecule has 0 saturated carbocycles. The van der Waals surface area contributed by atoms with Crippen molar-refractivity contribution in [1.82, 2.24) is 5.32 Å². The van der Waals surface area contributed by atoms with Gasteiger partial charge in [-0.05, 0) is 47.6 Å². The van der Waals surface area contributed by atoms with Gasteiger partial charge in [0.2, 0.25) is 5.91 Å². The fourth-order valence-corrected chi connectivity index (χ4v) is 2.34. The first-order chi connectivity index (χ1) is 10.5. The summed E-state index contributed by atoms with van der Waals surface area (Å²) in [4.78, 5) is 34.1. The van der Waals surface area contributed by atoms with Crippen molar-refractivity contribution in [2.45, 2.75) is 32.6 Å². The van der Waals surface area contributed by atoms with Gasteiger partial charge in [-0.2, -0.15) is 0 Å². The van der Waals surface area contributed by atoms with Crippen LogP contribution in [0.15, 0.2) is 24.3 Å². The van der Waals surface area contributed by atoms with Crippen LogP contribution in [0.5, 0.6) is 0 Å². The highest BCUT2D eigenvalue weighted by atomic mass is 127. The SMILES string of the molecule is CC(=O)NCCCCCC(=O)OCC(=O)c1cccc(I)c1. The number of ether oxygens (including phenoxy) is 1. The predicted molar refractivity (Wildman–Crippen MR) is 91.6 cm³/mol. The monoisotopic (exact) mass is 417 g/mol. The van der Waals surface area contributed by atoms with Crippen LogP contribution in [0, 0.1) is 3.57 Å². The Labute approximate surface area is 143 Å². The molecule has 0 atom stereocenters. The number of Topliss-reactive ketones (excluding diaryl/α,β-unsaturated/α-hetero) is 1. The minimum Gasteiger partial charge on any atom is -0.457 e. The van der Waals surface area contributed by atoms with Gasteiger partial charge >= 0.3 is 5.97 Å². The molecule has 6 heteroatoms.